The van der Waals surface area contributed by atoms with Crippen molar-refractivity contribution < 1.29 is 14.7 Å². The molecule has 1 heterocycles. The van der Waals surface area contributed by atoms with E-state index >= 15 is 0 Å². The maximum absolute atomic E-state index is 11.4. The maximum Gasteiger partial charge on any atom is 0.321 e. The van der Waals surface area contributed by atoms with Gasteiger partial charge in [-0.15, -0.1) is 10.2 Å². The average molecular weight is 286 g/mol. The highest BCUT2D eigenvalue weighted by Gasteiger charge is 2.04. The third-order valence-corrected chi connectivity index (χ3v) is 3.10. The van der Waals surface area contributed by atoms with Crippen LogP contribution in [-0.2, 0) is 4.79 Å². The zero-order valence-corrected chi connectivity index (χ0v) is 11.6. The quantitative estimate of drug-likeness (QED) is 0.634. The fraction of sp³-hybridized carbons (Fsp3) is 0.636. The first-order valence-corrected chi connectivity index (χ1v) is 6.96. The second kappa shape index (κ2) is 8.41. The van der Waals surface area contributed by atoms with Crippen LogP contribution in [0.4, 0.5) is 9.93 Å². The van der Waals surface area contributed by atoms with Crippen molar-refractivity contribution in [2.75, 3.05) is 11.9 Å². The summed E-state index contributed by atoms with van der Waals surface area (Å²) in [4.78, 5) is 21.7. The number of aromatic nitrogens is 2. The molecule has 8 heteroatoms. The van der Waals surface area contributed by atoms with Gasteiger partial charge in [0.2, 0.25) is 5.13 Å². The van der Waals surface area contributed by atoms with Gasteiger partial charge in [0.25, 0.3) is 0 Å². The number of carboxylic acids is 1. The topological polar surface area (TPSA) is 104 Å². The van der Waals surface area contributed by atoms with Gasteiger partial charge >= 0.3 is 12.0 Å². The predicted molar refractivity (Wildman–Crippen MR) is 72.4 cm³/mol. The molecule has 0 aliphatic carbocycles. The molecule has 0 bridgehead atoms. The van der Waals surface area contributed by atoms with Gasteiger partial charge in [-0.3, -0.25) is 10.1 Å². The Labute approximate surface area is 115 Å². The van der Waals surface area contributed by atoms with E-state index in [-0.39, 0.29) is 12.5 Å². The molecule has 1 aromatic rings. The van der Waals surface area contributed by atoms with Crippen molar-refractivity contribution in [2.45, 2.75) is 39.0 Å². The number of nitrogens with zero attached hydrogens (tertiary/aromatic N) is 2. The first-order valence-electron chi connectivity index (χ1n) is 6.14. The number of hydrogen-bond acceptors (Lipinski definition) is 5. The Morgan fingerprint density at radius 2 is 1.95 bits per heavy atom. The minimum Gasteiger partial charge on any atom is -0.481 e. The van der Waals surface area contributed by atoms with E-state index in [9.17, 15) is 9.59 Å². The van der Waals surface area contributed by atoms with Crippen LogP contribution >= 0.6 is 11.3 Å². The molecule has 0 spiro atoms. The third kappa shape index (κ3) is 7.35. The van der Waals surface area contributed by atoms with Crippen molar-refractivity contribution in [3.63, 3.8) is 0 Å². The summed E-state index contributed by atoms with van der Waals surface area (Å²) in [5.74, 6) is -0.759. The summed E-state index contributed by atoms with van der Waals surface area (Å²) in [5, 5.41) is 22.6. The Hall–Kier alpha value is -1.70. The van der Waals surface area contributed by atoms with Crippen LogP contribution in [-0.4, -0.2) is 33.8 Å². The number of carbonyl (C=O) groups is 2. The first kappa shape index (κ1) is 15.4. The van der Waals surface area contributed by atoms with E-state index in [1.54, 1.807) is 0 Å². The van der Waals surface area contributed by atoms with Crippen molar-refractivity contribution in [1.29, 1.82) is 0 Å². The van der Waals surface area contributed by atoms with E-state index in [0.29, 0.717) is 18.1 Å². The maximum atomic E-state index is 11.4. The molecule has 3 N–H and O–H groups in total. The normalized spacial score (nSPS) is 10.2. The van der Waals surface area contributed by atoms with Gasteiger partial charge in [-0.1, -0.05) is 24.2 Å². The molecule has 0 saturated heterocycles. The van der Waals surface area contributed by atoms with Gasteiger partial charge in [0, 0.05) is 13.0 Å². The van der Waals surface area contributed by atoms with Gasteiger partial charge in [0.05, 0.1) is 0 Å². The second-order valence-electron chi connectivity index (χ2n) is 4.07. The standard InChI is InChI=1S/C11H18N4O3S/c1-8-14-15-11(19-8)13-10(18)12-7-5-3-2-4-6-9(16)17/h2-7H2,1H3,(H,16,17)(H2,12,13,15,18). The Morgan fingerprint density at radius 1 is 1.21 bits per heavy atom. The fourth-order valence-electron chi connectivity index (χ4n) is 1.45. The molecule has 0 aliphatic heterocycles. The van der Waals surface area contributed by atoms with Crippen molar-refractivity contribution in [3.8, 4) is 0 Å². The van der Waals surface area contributed by atoms with Crippen LogP contribution in [0.1, 0.15) is 37.1 Å². The number of hydrogen-bond donors (Lipinski definition) is 3. The smallest absolute Gasteiger partial charge is 0.321 e. The lowest BCUT2D eigenvalue weighted by Crippen LogP contribution is -2.29. The lowest BCUT2D eigenvalue weighted by molar-refractivity contribution is -0.137. The van der Waals surface area contributed by atoms with E-state index in [1.165, 1.54) is 11.3 Å². The van der Waals surface area contributed by atoms with Gasteiger partial charge in [-0.05, 0) is 19.8 Å². The molecule has 0 saturated carbocycles. The van der Waals surface area contributed by atoms with Crippen LogP contribution in [0.3, 0.4) is 0 Å². The largest absolute Gasteiger partial charge is 0.481 e. The number of nitrogens with one attached hydrogen (secondary N) is 2. The zero-order valence-electron chi connectivity index (χ0n) is 10.8. The van der Waals surface area contributed by atoms with Crippen LogP contribution in [0, 0.1) is 6.92 Å². The highest BCUT2D eigenvalue weighted by atomic mass is 32.1. The molecule has 0 aliphatic rings. The predicted octanol–water partition coefficient (Wildman–Crippen LogP) is 2.00. The van der Waals surface area contributed by atoms with Crippen LogP contribution in [0.5, 0.6) is 0 Å². The molecule has 0 atom stereocenters. The van der Waals surface area contributed by atoms with Gasteiger partial charge in [0.1, 0.15) is 5.01 Å². The lowest BCUT2D eigenvalue weighted by atomic mass is 10.1. The second-order valence-corrected chi connectivity index (χ2v) is 5.25. The minimum absolute atomic E-state index is 0.213. The lowest BCUT2D eigenvalue weighted by Gasteiger charge is -2.04. The molecule has 0 unspecified atom stereocenters. The van der Waals surface area contributed by atoms with Gasteiger partial charge < -0.3 is 10.4 Å². The summed E-state index contributed by atoms with van der Waals surface area (Å²) < 4.78 is 0. The number of carbonyl (C=O) groups excluding carboxylic acids is 1. The van der Waals surface area contributed by atoms with Crippen molar-refractivity contribution in [1.82, 2.24) is 15.5 Å². The SMILES string of the molecule is Cc1nnc(NC(=O)NCCCCCCC(=O)O)s1. The summed E-state index contributed by atoms with van der Waals surface area (Å²) in [7, 11) is 0. The summed E-state index contributed by atoms with van der Waals surface area (Å²) in [6, 6.07) is -0.290. The highest BCUT2D eigenvalue weighted by molar-refractivity contribution is 7.15. The van der Waals surface area contributed by atoms with Crippen LogP contribution in [0.15, 0.2) is 0 Å². The zero-order chi connectivity index (χ0) is 14.1. The van der Waals surface area contributed by atoms with E-state index in [4.69, 9.17) is 5.11 Å². The summed E-state index contributed by atoms with van der Waals surface area (Å²) in [6.07, 6.45) is 3.51. The van der Waals surface area contributed by atoms with E-state index in [1.807, 2.05) is 6.92 Å². The molecule has 0 radical (unpaired) electrons. The molecule has 19 heavy (non-hydrogen) atoms. The number of anilines is 1. The summed E-state index contributed by atoms with van der Waals surface area (Å²) in [6.45, 7) is 2.38. The fourth-order valence-corrected chi connectivity index (χ4v) is 2.03. The van der Waals surface area contributed by atoms with E-state index in [0.717, 1.165) is 24.3 Å². The molecule has 2 amide bonds. The molecule has 0 fully saturated rings. The van der Waals surface area contributed by atoms with Crippen LogP contribution < -0.4 is 10.6 Å². The number of unbranched alkanes of at least 4 members (excludes halogenated alkanes) is 3. The number of aliphatic carboxylic acids is 1. The van der Waals surface area contributed by atoms with Crippen molar-refractivity contribution >= 4 is 28.5 Å². The Morgan fingerprint density at radius 3 is 2.58 bits per heavy atom. The van der Waals surface area contributed by atoms with Gasteiger partial charge in [0.15, 0.2) is 0 Å². The van der Waals surface area contributed by atoms with E-state index in [2.05, 4.69) is 20.8 Å². The molecule has 7 nitrogen and oxygen atoms in total. The summed E-state index contributed by atoms with van der Waals surface area (Å²) >= 11 is 1.32. The molecule has 106 valence electrons. The first-order chi connectivity index (χ1) is 9.08. The molecule has 1 aromatic heterocycles. The molecular weight excluding hydrogens is 268 g/mol. The third-order valence-electron chi connectivity index (χ3n) is 2.35. The number of amides is 2. The number of carboxylic acid groups (broad SMARTS) is 1. The average Bonchev–Trinajstić information content (AvgIpc) is 2.73. The van der Waals surface area contributed by atoms with Crippen molar-refractivity contribution in [3.05, 3.63) is 5.01 Å². The molecule has 0 aromatic carbocycles. The molecular formula is C11H18N4O3S. The van der Waals surface area contributed by atoms with Gasteiger partial charge in [-0.2, -0.15) is 0 Å². The molecule has 1 rings (SSSR count). The number of rotatable bonds is 8. The van der Waals surface area contributed by atoms with Crippen LogP contribution in [0.25, 0.3) is 0 Å². The highest BCUT2D eigenvalue weighted by Crippen LogP contribution is 2.12. The minimum atomic E-state index is -0.759. The Kier molecular flexibility index (Phi) is 6.80. The van der Waals surface area contributed by atoms with E-state index < -0.39 is 5.97 Å². The Bertz CT molecular complexity index is 422. The monoisotopic (exact) mass is 286 g/mol. The van der Waals surface area contributed by atoms with Crippen molar-refractivity contribution in [2.24, 2.45) is 0 Å². The summed E-state index contributed by atoms with van der Waals surface area (Å²) in [5.41, 5.74) is 0. The van der Waals surface area contributed by atoms with Gasteiger partial charge in [-0.25, -0.2) is 4.79 Å². The number of urea groups is 1. The Balaban J connectivity index is 2.00. The number of aryl methyl sites for hydroxylation is 1. The van der Waals surface area contributed by atoms with Crippen LogP contribution in [0.2, 0.25) is 0 Å².